The van der Waals surface area contributed by atoms with Crippen LogP contribution in [0.3, 0.4) is 0 Å². The quantitative estimate of drug-likeness (QED) is 0.838. The van der Waals surface area contributed by atoms with Crippen LogP contribution in [-0.4, -0.2) is 24.7 Å². The fourth-order valence-electron chi connectivity index (χ4n) is 1.93. The number of fused-ring (bicyclic) bond motifs is 1. The molecule has 0 aliphatic heterocycles. The third-order valence-electron chi connectivity index (χ3n) is 2.96. The van der Waals surface area contributed by atoms with Crippen molar-refractivity contribution >= 4 is 16.9 Å². The fraction of sp³-hybridized carbons (Fsp3) is 0.357. The molecule has 0 spiro atoms. The molecule has 0 aliphatic carbocycles. The van der Waals surface area contributed by atoms with Crippen LogP contribution in [0.5, 0.6) is 5.75 Å². The predicted octanol–water partition coefficient (Wildman–Crippen LogP) is 2.57. The van der Waals surface area contributed by atoms with E-state index in [0.29, 0.717) is 17.9 Å². The van der Waals surface area contributed by atoms with Gasteiger partial charge >= 0.3 is 5.97 Å². The van der Waals surface area contributed by atoms with Crippen LogP contribution in [0.4, 0.5) is 0 Å². The van der Waals surface area contributed by atoms with E-state index in [0.717, 1.165) is 11.1 Å². The van der Waals surface area contributed by atoms with Crippen LogP contribution >= 0.6 is 0 Å². The predicted molar refractivity (Wildman–Crippen MR) is 71.4 cm³/mol. The Morgan fingerprint density at radius 1 is 1.53 bits per heavy atom. The van der Waals surface area contributed by atoms with Gasteiger partial charge in [-0.05, 0) is 19.1 Å². The molecule has 19 heavy (non-hydrogen) atoms. The number of carbonyl (C=O) groups is 1. The molecule has 0 fully saturated rings. The first-order valence-corrected chi connectivity index (χ1v) is 6.13. The Bertz CT molecular complexity index is 576. The summed E-state index contributed by atoms with van der Waals surface area (Å²) in [6.07, 6.45) is 0.0912. The van der Waals surface area contributed by atoms with E-state index in [1.807, 2.05) is 31.2 Å². The van der Waals surface area contributed by atoms with Crippen LogP contribution < -0.4 is 10.1 Å². The van der Waals surface area contributed by atoms with E-state index in [1.165, 1.54) is 0 Å². The highest BCUT2D eigenvalue weighted by atomic mass is 16.5. The van der Waals surface area contributed by atoms with Crippen molar-refractivity contribution in [1.82, 2.24) is 5.32 Å². The molecule has 0 radical (unpaired) electrons. The molecule has 1 aromatic carbocycles. The van der Waals surface area contributed by atoms with Gasteiger partial charge in [0.25, 0.3) is 0 Å². The number of furan rings is 1. The highest BCUT2D eigenvalue weighted by Gasteiger charge is 2.13. The number of benzene rings is 1. The minimum atomic E-state index is -0.814. The number of carboxylic acids is 1. The Labute approximate surface area is 111 Å². The first kappa shape index (κ1) is 13.4. The van der Waals surface area contributed by atoms with Crippen molar-refractivity contribution in [2.75, 3.05) is 13.7 Å². The highest BCUT2D eigenvalue weighted by Crippen LogP contribution is 2.30. The molecule has 0 aliphatic rings. The summed E-state index contributed by atoms with van der Waals surface area (Å²) in [5.41, 5.74) is 0.715. The zero-order valence-electron chi connectivity index (χ0n) is 11.0. The van der Waals surface area contributed by atoms with E-state index in [9.17, 15) is 4.79 Å². The van der Waals surface area contributed by atoms with E-state index in [2.05, 4.69) is 5.32 Å². The monoisotopic (exact) mass is 263 g/mol. The maximum Gasteiger partial charge on any atom is 0.304 e. The molecule has 5 heteroatoms. The summed E-state index contributed by atoms with van der Waals surface area (Å²) in [7, 11) is 1.60. The lowest BCUT2D eigenvalue weighted by atomic mass is 10.2. The van der Waals surface area contributed by atoms with E-state index in [1.54, 1.807) is 7.11 Å². The van der Waals surface area contributed by atoms with Crippen molar-refractivity contribution in [3.8, 4) is 5.75 Å². The molecule has 1 aromatic heterocycles. The summed E-state index contributed by atoms with van der Waals surface area (Å²) in [6, 6.07) is 7.60. The molecule has 2 rings (SSSR count). The van der Waals surface area contributed by atoms with Gasteiger partial charge in [-0.25, -0.2) is 0 Å². The van der Waals surface area contributed by atoms with Gasteiger partial charge in [0.15, 0.2) is 11.3 Å². The number of ether oxygens (including phenoxy) is 1. The normalized spacial score (nSPS) is 12.5. The first-order chi connectivity index (χ1) is 9.11. The molecule has 5 nitrogen and oxygen atoms in total. The van der Waals surface area contributed by atoms with Crippen LogP contribution in [0.2, 0.25) is 0 Å². The molecule has 1 heterocycles. The van der Waals surface area contributed by atoms with Crippen molar-refractivity contribution < 1.29 is 19.1 Å². The smallest absolute Gasteiger partial charge is 0.304 e. The van der Waals surface area contributed by atoms with Crippen LogP contribution in [0.1, 0.15) is 25.1 Å². The number of aliphatic carboxylic acids is 1. The minimum absolute atomic E-state index is 0.0449. The molecule has 2 aromatic rings. The lowest BCUT2D eigenvalue weighted by Crippen LogP contribution is -2.21. The van der Waals surface area contributed by atoms with Gasteiger partial charge in [-0.3, -0.25) is 4.79 Å². The average Bonchev–Trinajstić information content (AvgIpc) is 2.81. The molecule has 1 atom stereocenters. The fourth-order valence-corrected chi connectivity index (χ4v) is 1.93. The number of hydrogen-bond acceptors (Lipinski definition) is 4. The molecule has 0 bridgehead atoms. The van der Waals surface area contributed by atoms with E-state index < -0.39 is 5.97 Å². The largest absolute Gasteiger partial charge is 0.493 e. The summed E-state index contributed by atoms with van der Waals surface area (Å²) < 4.78 is 11.0. The molecule has 102 valence electrons. The summed E-state index contributed by atoms with van der Waals surface area (Å²) in [6.45, 7) is 2.34. The van der Waals surface area contributed by atoms with E-state index >= 15 is 0 Å². The first-order valence-electron chi connectivity index (χ1n) is 6.13. The zero-order valence-corrected chi connectivity index (χ0v) is 11.0. The van der Waals surface area contributed by atoms with Gasteiger partial charge in [0.1, 0.15) is 5.76 Å². The Balaban J connectivity index is 2.14. The summed E-state index contributed by atoms with van der Waals surface area (Å²) in [4.78, 5) is 10.5. The Morgan fingerprint density at radius 3 is 3.00 bits per heavy atom. The third kappa shape index (κ3) is 3.06. The Hall–Kier alpha value is -2.01. The molecular weight excluding hydrogens is 246 g/mol. The molecule has 2 N–H and O–H groups in total. The van der Waals surface area contributed by atoms with Crippen molar-refractivity contribution in [3.63, 3.8) is 0 Å². The van der Waals surface area contributed by atoms with Crippen molar-refractivity contribution in [2.45, 2.75) is 19.4 Å². The van der Waals surface area contributed by atoms with Gasteiger partial charge in [-0.2, -0.15) is 0 Å². The Kier molecular flexibility index (Phi) is 4.06. The van der Waals surface area contributed by atoms with Gasteiger partial charge < -0.3 is 19.6 Å². The average molecular weight is 263 g/mol. The minimum Gasteiger partial charge on any atom is -0.493 e. The molecule has 0 amide bonds. The van der Waals surface area contributed by atoms with E-state index in [4.69, 9.17) is 14.3 Å². The number of carboxylic acid groups (broad SMARTS) is 1. The Morgan fingerprint density at radius 2 is 2.32 bits per heavy atom. The van der Waals surface area contributed by atoms with Gasteiger partial charge in [0, 0.05) is 11.9 Å². The van der Waals surface area contributed by atoms with Gasteiger partial charge in [0.05, 0.1) is 19.6 Å². The van der Waals surface area contributed by atoms with Crippen LogP contribution in [0.25, 0.3) is 11.0 Å². The standard InChI is InChI=1S/C14H17NO4/c1-9(15-7-6-13(16)17)12-8-10-4-3-5-11(18-2)14(10)19-12/h3-5,8-9,15H,6-7H2,1-2H3,(H,16,17). The van der Waals surface area contributed by atoms with Crippen molar-refractivity contribution in [2.24, 2.45) is 0 Å². The van der Waals surface area contributed by atoms with Gasteiger partial charge in [-0.1, -0.05) is 12.1 Å². The summed E-state index contributed by atoms with van der Waals surface area (Å²) in [5.74, 6) is 0.650. The van der Waals surface area contributed by atoms with E-state index in [-0.39, 0.29) is 12.5 Å². The topological polar surface area (TPSA) is 71.7 Å². The number of hydrogen-bond donors (Lipinski definition) is 2. The number of rotatable bonds is 6. The number of para-hydroxylation sites is 1. The van der Waals surface area contributed by atoms with Crippen LogP contribution in [0, 0.1) is 0 Å². The molecule has 0 saturated carbocycles. The summed E-state index contributed by atoms with van der Waals surface area (Å²) >= 11 is 0. The van der Waals surface area contributed by atoms with Crippen molar-refractivity contribution in [3.05, 3.63) is 30.0 Å². The second-order valence-electron chi connectivity index (χ2n) is 4.35. The number of methoxy groups -OCH3 is 1. The third-order valence-corrected chi connectivity index (χ3v) is 2.96. The maximum atomic E-state index is 10.5. The molecule has 0 saturated heterocycles. The number of nitrogens with one attached hydrogen (secondary N) is 1. The van der Waals surface area contributed by atoms with Crippen molar-refractivity contribution in [1.29, 1.82) is 0 Å². The maximum absolute atomic E-state index is 10.5. The SMILES string of the molecule is COc1cccc2cc(C(C)NCCC(=O)O)oc12. The zero-order chi connectivity index (χ0) is 13.8. The van der Waals surface area contributed by atoms with Crippen LogP contribution in [-0.2, 0) is 4.79 Å². The highest BCUT2D eigenvalue weighted by molar-refractivity contribution is 5.83. The molecular formula is C14H17NO4. The van der Waals surface area contributed by atoms with Crippen LogP contribution in [0.15, 0.2) is 28.7 Å². The lowest BCUT2D eigenvalue weighted by molar-refractivity contribution is -0.136. The lowest BCUT2D eigenvalue weighted by Gasteiger charge is -2.09. The van der Waals surface area contributed by atoms with Gasteiger partial charge in [0.2, 0.25) is 0 Å². The summed E-state index contributed by atoms with van der Waals surface area (Å²) in [5, 5.41) is 12.7. The second-order valence-corrected chi connectivity index (χ2v) is 4.35. The molecule has 1 unspecified atom stereocenters. The second kappa shape index (κ2) is 5.75. The van der Waals surface area contributed by atoms with Gasteiger partial charge in [-0.15, -0.1) is 0 Å².